The molecule has 0 aliphatic heterocycles. The summed E-state index contributed by atoms with van der Waals surface area (Å²) in [5.74, 6) is 2.14. The van der Waals surface area contributed by atoms with Crippen molar-refractivity contribution < 1.29 is 0 Å². The lowest BCUT2D eigenvalue weighted by molar-refractivity contribution is 0.336. The van der Waals surface area contributed by atoms with Crippen molar-refractivity contribution in [2.45, 2.75) is 64.8 Å². The molecule has 3 nitrogen and oxygen atoms in total. The molecule has 0 atom stereocenters. The van der Waals surface area contributed by atoms with Crippen LogP contribution in [0.25, 0.3) is 11.0 Å². The van der Waals surface area contributed by atoms with Gasteiger partial charge in [0.1, 0.15) is 11.3 Å². The third kappa shape index (κ3) is 3.07. The van der Waals surface area contributed by atoms with Gasteiger partial charge in [0.2, 0.25) is 0 Å². The summed E-state index contributed by atoms with van der Waals surface area (Å²) in [6.07, 6.45) is 10.6. The van der Waals surface area contributed by atoms with Crippen LogP contribution < -0.4 is 5.73 Å². The largest absolute Gasteiger partial charge is 0.397 e. The molecule has 1 heterocycles. The number of anilines is 1. The summed E-state index contributed by atoms with van der Waals surface area (Å²) < 4.78 is 2.38. The number of nitrogens with zero attached hydrogens (tertiary/aromatic N) is 2. The number of imidazole rings is 1. The quantitative estimate of drug-likeness (QED) is 0.819. The van der Waals surface area contributed by atoms with E-state index in [4.69, 9.17) is 10.7 Å². The number of nitrogens with two attached hydrogens (primary N) is 1. The molecule has 0 amide bonds. The van der Waals surface area contributed by atoms with E-state index in [2.05, 4.69) is 17.6 Å². The second-order valence-corrected chi connectivity index (χ2v) is 6.44. The fourth-order valence-electron chi connectivity index (χ4n) is 3.69. The van der Waals surface area contributed by atoms with Crippen LogP contribution in [0.1, 0.15) is 57.7 Å². The topological polar surface area (TPSA) is 43.8 Å². The zero-order valence-electron chi connectivity index (χ0n) is 13.1. The van der Waals surface area contributed by atoms with Crippen molar-refractivity contribution in [3.63, 3.8) is 0 Å². The van der Waals surface area contributed by atoms with Gasteiger partial charge >= 0.3 is 0 Å². The molecule has 0 spiro atoms. The Hall–Kier alpha value is -1.51. The van der Waals surface area contributed by atoms with Crippen molar-refractivity contribution >= 4 is 16.7 Å². The minimum absolute atomic E-state index is 0.807. The van der Waals surface area contributed by atoms with E-state index in [-0.39, 0.29) is 0 Å². The van der Waals surface area contributed by atoms with Gasteiger partial charge in [-0.05, 0) is 30.9 Å². The second-order valence-electron chi connectivity index (χ2n) is 6.44. The van der Waals surface area contributed by atoms with Crippen LogP contribution in [0, 0.1) is 5.92 Å². The van der Waals surface area contributed by atoms with Gasteiger partial charge in [-0.2, -0.15) is 0 Å². The van der Waals surface area contributed by atoms with Crippen molar-refractivity contribution in [1.29, 1.82) is 0 Å². The molecule has 3 heteroatoms. The van der Waals surface area contributed by atoms with Gasteiger partial charge in [0, 0.05) is 13.0 Å². The van der Waals surface area contributed by atoms with E-state index in [0.717, 1.165) is 36.5 Å². The summed E-state index contributed by atoms with van der Waals surface area (Å²) in [7, 11) is 0. The highest BCUT2D eigenvalue weighted by molar-refractivity contribution is 5.87. The van der Waals surface area contributed by atoms with Gasteiger partial charge < -0.3 is 10.3 Å². The van der Waals surface area contributed by atoms with E-state index in [1.165, 1.54) is 49.9 Å². The highest BCUT2D eigenvalue weighted by Crippen LogP contribution is 2.29. The molecule has 21 heavy (non-hydrogen) atoms. The van der Waals surface area contributed by atoms with Crippen LogP contribution in [0.5, 0.6) is 0 Å². The average Bonchev–Trinajstić information content (AvgIpc) is 2.86. The predicted molar refractivity (Wildman–Crippen MR) is 89.3 cm³/mol. The molecule has 0 saturated heterocycles. The molecule has 1 aliphatic rings. The fourth-order valence-corrected chi connectivity index (χ4v) is 3.69. The van der Waals surface area contributed by atoms with Crippen LogP contribution in [0.15, 0.2) is 18.2 Å². The lowest BCUT2D eigenvalue weighted by Gasteiger charge is -2.21. The van der Waals surface area contributed by atoms with E-state index in [1.807, 2.05) is 12.1 Å². The minimum atomic E-state index is 0.807. The third-order valence-electron chi connectivity index (χ3n) is 4.84. The number of hydrogen-bond donors (Lipinski definition) is 1. The molecule has 1 aromatic heterocycles. The van der Waals surface area contributed by atoms with E-state index in [0.29, 0.717) is 0 Å². The summed E-state index contributed by atoms with van der Waals surface area (Å²) in [6, 6.07) is 6.14. The SMILES string of the molecule is CCCn1c(CCC2CCCCC2)nc2c(N)cccc21. The minimum Gasteiger partial charge on any atom is -0.397 e. The van der Waals surface area contributed by atoms with Crippen molar-refractivity contribution in [3.8, 4) is 0 Å². The zero-order valence-corrected chi connectivity index (χ0v) is 13.1. The van der Waals surface area contributed by atoms with Crippen LogP contribution in [-0.2, 0) is 13.0 Å². The Morgan fingerprint density at radius 1 is 1.24 bits per heavy atom. The zero-order chi connectivity index (χ0) is 14.7. The van der Waals surface area contributed by atoms with E-state index < -0.39 is 0 Å². The molecule has 2 aromatic rings. The molecule has 1 aliphatic carbocycles. The Bertz CT molecular complexity index is 594. The highest BCUT2D eigenvalue weighted by Gasteiger charge is 2.16. The molecule has 0 radical (unpaired) electrons. The summed E-state index contributed by atoms with van der Waals surface area (Å²) in [5.41, 5.74) is 9.10. The molecule has 0 bridgehead atoms. The van der Waals surface area contributed by atoms with Crippen molar-refractivity contribution in [2.75, 3.05) is 5.73 Å². The number of benzene rings is 1. The molecule has 2 N–H and O–H groups in total. The van der Waals surface area contributed by atoms with E-state index in [1.54, 1.807) is 0 Å². The van der Waals surface area contributed by atoms with Gasteiger partial charge in [0.05, 0.1) is 11.2 Å². The van der Waals surface area contributed by atoms with Crippen molar-refractivity contribution in [3.05, 3.63) is 24.0 Å². The van der Waals surface area contributed by atoms with Gasteiger partial charge in [0.15, 0.2) is 0 Å². The van der Waals surface area contributed by atoms with Crippen molar-refractivity contribution in [2.24, 2.45) is 5.92 Å². The normalized spacial score (nSPS) is 16.6. The molecular weight excluding hydrogens is 258 g/mol. The van der Waals surface area contributed by atoms with Gasteiger partial charge in [-0.25, -0.2) is 4.98 Å². The standard InChI is InChI=1S/C18H27N3/c1-2-13-21-16-10-6-9-15(19)18(16)20-17(21)12-11-14-7-4-3-5-8-14/h6,9-10,14H,2-5,7-8,11-13,19H2,1H3. The predicted octanol–water partition coefficient (Wildman–Crippen LogP) is 4.54. The Labute approximate surface area is 127 Å². The second kappa shape index (κ2) is 6.50. The lowest BCUT2D eigenvalue weighted by Crippen LogP contribution is -2.10. The summed E-state index contributed by atoms with van der Waals surface area (Å²) in [5, 5.41) is 0. The lowest BCUT2D eigenvalue weighted by atomic mass is 9.86. The number of rotatable bonds is 5. The average molecular weight is 285 g/mol. The first-order valence-electron chi connectivity index (χ1n) is 8.53. The molecule has 1 fully saturated rings. The maximum Gasteiger partial charge on any atom is 0.112 e. The monoisotopic (exact) mass is 285 g/mol. The third-order valence-corrected chi connectivity index (χ3v) is 4.84. The smallest absolute Gasteiger partial charge is 0.112 e. The first-order chi connectivity index (χ1) is 10.3. The van der Waals surface area contributed by atoms with Crippen LogP contribution in [0.3, 0.4) is 0 Å². The van der Waals surface area contributed by atoms with E-state index in [9.17, 15) is 0 Å². The molecule has 1 aromatic carbocycles. The Morgan fingerprint density at radius 3 is 2.81 bits per heavy atom. The summed E-state index contributed by atoms with van der Waals surface area (Å²) in [6.45, 7) is 3.27. The molecule has 1 saturated carbocycles. The Balaban J connectivity index is 1.82. The molecular formula is C18H27N3. The maximum atomic E-state index is 6.10. The Morgan fingerprint density at radius 2 is 2.05 bits per heavy atom. The van der Waals surface area contributed by atoms with Crippen LogP contribution in [-0.4, -0.2) is 9.55 Å². The first-order valence-corrected chi connectivity index (χ1v) is 8.53. The van der Waals surface area contributed by atoms with E-state index >= 15 is 0 Å². The fraction of sp³-hybridized carbons (Fsp3) is 0.611. The van der Waals surface area contributed by atoms with Gasteiger partial charge in [-0.1, -0.05) is 45.1 Å². The number of hydrogen-bond acceptors (Lipinski definition) is 2. The van der Waals surface area contributed by atoms with Crippen LogP contribution in [0.2, 0.25) is 0 Å². The number of nitrogen functional groups attached to an aromatic ring is 1. The van der Waals surface area contributed by atoms with Gasteiger partial charge in [0.25, 0.3) is 0 Å². The van der Waals surface area contributed by atoms with Crippen LogP contribution >= 0.6 is 0 Å². The number of aryl methyl sites for hydroxylation is 2. The number of fused-ring (bicyclic) bond motifs is 1. The number of para-hydroxylation sites is 1. The molecule has 0 unspecified atom stereocenters. The van der Waals surface area contributed by atoms with Gasteiger partial charge in [-0.3, -0.25) is 0 Å². The molecule has 3 rings (SSSR count). The van der Waals surface area contributed by atoms with Gasteiger partial charge in [-0.15, -0.1) is 0 Å². The number of aromatic nitrogens is 2. The van der Waals surface area contributed by atoms with Crippen LogP contribution in [0.4, 0.5) is 5.69 Å². The van der Waals surface area contributed by atoms with Crippen molar-refractivity contribution in [1.82, 2.24) is 9.55 Å². The maximum absolute atomic E-state index is 6.10. The Kier molecular flexibility index (Phi) is 4.47. The molecule has 114 valence electrons. The highest BCUT2D eigenvalue weighted by atomic mass is 15.1. The summed E-state index contributed by atoms with van der Waals surface area (Å²) in [4.78, 5) is 4.85. The first kappa shape index (κ1) is 14.4. The summed E-state index contributed by atoms with van der Waals surface area (Å²) >= 11 is 0.